The third-order valence-corrected chi connectivity index (χ3v) is 3.36. The van der Waals surface area contributed by atoms with Crippen LogP contribution in [0.25, 0.3) is 0 Å². The van der Waals surface area contributed by atoms with Crippen LogP contribution >= 0.6 is 11.8 Å². The van der Waals surface area contributed by atoms with Crippen molar-refractivity contribution in [1.82, 2.24) is 5.32 Å². The highest BCUT2D eigenvalue weighted by atomic mass is 32.2. The molecule has 1 rings (SSSR count). The molecule has 1 nitrogen and oxygen atoms in total. The van der Waals surface area contributed by atoms with Gasteiger partial charge in [0, 0.05) is 0 Å². The summed E-state index contributed by atoms with van der Waals surface area (Å²) in [5.74, 6) is 2.93. The number of thioether (sulfide) groups is 1. The van der Waals surface area contributed by atoms with Crippen LogP contribution in [0.1, 0.15) is 13.3 Å². The third kappa shape index (κ3) is 3.27. The lowest BCUT2D eigenvalue weighted by Gasteiger charge is -2.15. The molecule has 1 N–H and O–H groups in total. The Bertz CT molecular complexity index is 124. The highest BCUT2D eigenvalue weighted by Gasteiger charge is 2.18. The molecule has 0 aromatic rings. The molecule has 4 heteroatoms. The van der Waals surface area contributed by atoms with Gasteiger partial charge in [0.2, 0.25) is 0 Å². The summed E-state index contributed by atoms with van der Waals surface area (Å²) < 4.78 is 24.1. The average molecular weight is 195 g/mol. The summed E-state index contributed by atoms with van der Waals surface area (Å²) in [5, 5.41) is 2.86. The fraction of sp³-hybridized carbons (Fsp3) is 1.00. The lowest BCUT2D eigenvalue weighted by atomic mass is 10.1. The number of rotatable bonds is 4. The normalized spacial score (nSPS) is 26.5. The van der Waals surface area contributed by atoms with Crippen molar-refractivity contribution in [3.63, 3.8) is 0 Å². The first-order chi connectivity index (χ1) is 5.70. The maximum absolute atomic E-state index is 12.0. The Morgan fingerprint density at radius 1 is 1.58 bits per heavy atom. The Hall–Kier alpha value is 0.170. The number of hydrogen-bond acceptors (Lipinski definition) is 2. The van der Waals surface area contributed by atoms with E-state index in [1.54, 1.807) is 0 Å². The summed E-state index contributed by atoms with van der Waals surface area (Å²) in [7, 11) is 0. The fourth-order valence-corrected chi connectivity index (χ4v) is 2.47. The predicted octanol–water partition coefficient (Wildman–Crippen LogP) is 1.98. The van der Waals surface area contributed by atoms with E-state index < -0.39 is 12.5 Å². The van der Waals surface area contributed by atoms with Crippen LogP contribution in [0.3, 0.4) is 0 Å². The molecular formula is C8H15F2NS. The zero-order chi connectivity index (χ0) is 8.97. The van der Waals surface area contributed by atoms with Crippen molar-refractivity contribution >= 4 is 11.8 Å². The molecule has 0 aliphatic carbocycles. The minimum Gasteiger partial charge on any atom is -0.309 e. The van der Waals surface area contributed by atoms with Crippen molar-refractivity contribution in [1.29, 1.82) is 0 Å². The third-order valence-electron chi connectivity index (χ3n) is 2.13. The summed E-state index contributed by atoms with van der Waals surface area (Å²) in [6.07, 6.45) is -1.06. The molecule has 0 aromatic carbocycles. The van der Waals surface area contributed by atoms with Crippen LogP contribution in [0.5, 0.6) is 0 Å². The van der Waals surface area contributed by atoms with Crippen LogP contribution in [0.4, 0.5) is 8.78 Å². The largest absolute Gasteiger partial charge is 0.309 e. The van der Waals surface area contributed by atoms with Gasteiger partial charge < -0.3 is 5.32 Å². The van der Waals surface area contributed by atoms with Crippen LogP contribution in [-0.2, 0) is 0 Å². The Morgan fingerprint density at radius 2 is 2.33 bits per heavy atom. The highest BCUT2D eigenvalue weighted by Crippen LogP contribution is 2.22. The molecule has 0 spiro atoms. The summed E-state index contributed by atoms with van der Waals surface area (Å²) in [6, 6.07) is -0.657. The van der Waals surface area contributed by atoms with Crippen molar-refractivity contribution in [3.05, 3.63) is 0 Å². The number of halogens is 2. The molecule has 0 bridgehead atoms. The molecule has 1 fully saturated rings. The first-order valence-corrected chi connectivity index (χ1v) is 5.45. The smallest absolute Gasteiger partial charge is 0.253 e. The van der Waals surface area contributed by atoms with E-state index in [1.165, 1.54) is 19.1 Å². The van der Waals surface area contributed by atoms with Gasteiger partial charge in [0.15, 0.2) is 0 Å². The molecule has 1 saturated heterocycles. The standard InChI is InChI=1S/C8H15F2NS/c1-6(8(9)10)11-4-7-2-3-12-5-7/h6-8,11H,2-5H2,1H3. The van der Waals surface area contributed by atoms with Gasteiger partial charge in [-0.2, -0.15) is 11.8 Å². The summed E-state index contributed by atoms with van der Waals surface area (Å²) in [6.45, 7) is 2.28. The van der Waals surface area contributed by atoms with Crippen LogP contribution < -0.4 is 5.32 Å². The van der Waals surface area contributed by atoms with E-state index in [1.807, 2.05) is 11.8 Å². The summed E-state index contributed by atoms with van der Waals surface area (Å²) in [4.78, 5) is 0. The molecule has 0 amide bonds. The average Bonchev–Trinajstić information content (AvgIpc) is 2.51. The van der Waals surface area contributed by atoms with E-state index in [2.05, 4.69) is 5.32 Å². The molecule has 72 valence electrons. The van der Waals surface area contributed by atoms with Gasteiger partial charge in [0.1, 0.15) is 0 Å². The molecule has 0 radical (unpaired) electrons. The van der Waals surface area contributed by atoms with Crippen LogP contribution in [0, 0.1) is 5.92 Å². The van der Waals surface area contributed by atoms with E-state index in [0.717, 1.165) is 12.3 Å². The van der Waals surface area contributed by atoms with Crippen LogP contribution in [0.2, 0.25) is 0 Å². The van der Waals surface area contributed by atoms with Gasteiger partial charge in [-0.3, -0.25) is 0 Å². The van der Waals surface area contributed by atoms with Crippen LogP contribution in [0.15, 0.2) is 0 Å². The second-order valence-electron chi connectivity index (χ2n) is 3.26. The van der Waals surface area contributed by atoms with Crippen LogP contribution in [-0.4, -0.2) is 30.5 Å². The highest BCUT2D eigenvalue weighted by molar-refractivity contribution is 7.99. The van der Waals surface area contributed by atoms with Gasteiger partial charge in [-0.05, 0) is 37.3 Å². The van der Waals surface area contributed by atoms with E-state index in [-0.39, 0.29) is 0 Å². The Labute approximate surface area is 76.3 Å². The van der Waals surface area contributed by atoms with Gasteiger partial charge in [0.05, 0.1) is 6.04 Å². The first-order valence-electron chi connectivity index (χ1n) is 4.29. The quantitative estimate of drug-likeness (QED) is 0.736. The zero-order valence-electron chi connectivity index (χ0n) is 7.22. The van der Waals surface area contributed by atoms with Crippen molar-refractivity contribution in [2.75, 3.05) is 18.1 Å². The molecule has 1 heterocycles. The predicted molar refractivity (Wildman–Crippen MR) is 48.9 cm³/mol. The van der Waals surface area contributed by atoms with Crippen molar-refractivity contribution in [3.8, 4) is 0 Å². The second-order valence-corrected chi connectivity index (χ2v) is 4.41. The topological polar surface area (TPSA) is 12.0 Å². The maximum atomic E-state index is 12.0. The monoisotopic (exact) mass is 195 g/mol. The molecule has 2 unspecified atom stereocenters. The molecule has 0 saturated carbocycles. The lowest BCUT2D eigenvalue weighted by molar-refractivity contribution is 0.104. The van der Waals surface area contributed by atoms with Gasteiger partial charge in [-0.15, -0.1) is 0 Å². The number of alkyl halides is 2. The van der Waals surface area contributed by atoms with Crippen molar-refractivity contribution < 1.29 is 8.78 Å². The second kappa shape index (κ2) is 5.02. The Balaban J connectivity index is 2.07. The molecular weight excluding hydrogens is 180 g/mol. The Kier molecular flexibility index (Phi) is 4.29. The Morgan fingerprint density at radius 3 is 2.83 bits per heavy atom. The number of hydrogen-bond donors (Lipinski definition) is 1. The molecule has 0 aromatic heterocycles. The van der Waals surface area contributed by atoms with Crippen molar-refractivity contribution in [2.24, 2.45) is 5.92 Å². The molecule has 12 heavy (non-hydrogen) atoms. The minimum atomic E-state index is -2.24. The zero-order valence-corrected chi connectivity index (χ0v) is 8.04. The number of nitrogens with one attached hydrogen (secondary N) is 1. The van der Waals surface area contributed by atoms with E-state index in [0.29, 0.717) is 5.92 Å². The van der Waals surface area contributed by atoms with Crippen molar-refractivity contribution in [2.45, 2.75) is 25.8 Å². The summed E-state index contributed by atoms with van der Waals surface area (Å²) in [5.41, 5.74) is 0. The minimum absolute atomic E-state index is 0.608. The molecule has 1 aliphatic rings. The first kappa shape index (κ1) is 10.3. The SMILES string of the molecule is CC(NCC1CCSC1)C(F)F. The lowest BCUT2D eigenvalue weighted by Crippen LogP contribution is -2.36. The van der Waals surface area contributed by atoms with Gasteiger partial charge in [-0.1, -0.05) is 0 Å². The van der Waals surface area contributed by atoms with Gasteiger partial charge in [-0.25, -0.2) is 8.78 Å². The summed E-state index contributed by atoms with van der Waals surface area (Å²) >= 11 is 1.91. The van der Waals surface area contributed by atoms with Gasteiger partial charge in [0.25, 0.3) is 6.43 Å². The molecule has 2 atom stereocenters. The fourth-order valence-electron chi connectivity index (χ4n) is 1.19. The van der Waals surface area contributed by atoms with Gasteiger partial charge >= 0.3 is 0 Å². The maximum Gasteiger partial charge on any atom is 0.253 e. The van der Waals surface area contributed by atoms with E-state index >= 15 is 0 Å². The van der Waals surface area contributed by atoms with E-state index in [9.17, 15) is 8.78 Å². The molecule has 1 aliphatic heterocycles. The van der Waals surface area contributed by atoms with E-state index in [4.69, 9.17) is 0 Å².